The molecular formula is C17H18BrN3. The van der Waals surface area contributed by atoms with Crippen LogP contribution in [0.25, 0.3) is 0 Å². The van der Waals surface area contributed by atoms with Crippen LogP contribution in [-0.4, -0.2) is 9.78 Å². The van der Waals surface area contributed by atoms with Crippen LogP contribution in [0.15, 0.2) is 28.7 Å². The monoisotopic (exact) mass is 343 g/mol. The van der Waals surface area contributed by atoms with Gasteiger partial charge in [0.1, 0.15) is 0 Å². The topological polar surface area (TPSA) is 41.6 Å². The van der Waals surface area contributed by atoms with Crippen LogP contribution < -0.4 is 0 Å². The van der Waals surface area contributed by atoms with Crippen LogP contribution in [0.5, 0.6) is 0 Å². The highest BCUT2D eigenvalue weighted by Gasteiger charge is 2.39. The molecule has 0 unspecified atom stereocenters. The molecule has 0 N–H and O–H groups in total. The van der Waals surface area contributed by atoms with E-state index in [1.165, 1.54) is 11.1 Å². The lowest BCUT2D eigenvalue weighted by molar-refractivity contribution is 0.400. The van der Waals surface area contributed by atoms with E-state index in [0.717, 1.165) is 41.7 Å². The highest BCUT2D eigenvalue weighted by molar-refractivity contribution is 9.10. The van der Waals surface area contributed by atoms with Gasteiger partial charge < -0.3 is 0 Å². The zero-order valence-electron chi connectivity index (χ0n) is 12.4. The van der Waals surface area contributed by atoms with Crippen molar-refractivity contribution in [2.24, 2.45) is 5.41 Å². The SMILES string of the molecule is CCn1nc(C)c(Br)c1CC1(C#N)Cc2ccccc2C1. The summed E-state index contributed by atoms with van der Waals surface area (Å²) in [5, 5.41) is 14.4. The molecule has 4 heteroatoms. The third-order valence-electron chi connectivity index (χ3n) is 4.37. The Morgan fingerprint density at radius 3 is 2.48 bits per heavy atom. The predicted octanol–water partition coefficient (Wildman–Crippen LogP) is 3.83. The Morgan fingerprint density at radius 2 is 1.95 bits per heavy atom. The van der Waals surface area contributed by atoms with E-state index in [1.807, 2.05) is 11.6 Å². The zero-order chi connectivity index (χ0) is 15.0. The fourth-order valence-electron chi connectivity index (χ4n) is 3.30. The minimum Gasteiger partial charge on any atom is -0.268 e. The standard InChI is InChI=1S/C17H18BrN3/c1-3-21-15(16(18)12(2)20-21)10-17(11-19)8-13-6-4-5-7-14(13)9-17/h4-7H,3,8-10H2,1-2H3. The van der Waals surface area contributed by atoms with Gasteiger partial charge >= 0.3 is 0 Å². The summed E-state index contributed by atoms with van der Waals surface area (Å²) in [7, 11) is 0. The van der Waals surface area contributed by atoms with E-state index in [1.54, 1.807) is 0 Å². The first-order chi connectivity index (χ1) is 10.1. The van der Waals surface area contributed by atoms with Crippen LogP contribution in [0.2, 0.25) is 0 Å². The molecule has 0 saturated heterocycles. The fourth-order valence-corrected chi connectivity index (χ4v) is 3.72. The first kappa shape index (κ1) is 14.3. The summed E-state index contributed by atoms with van der Waals surface area (Å²) in [6.45, 7) is 4.92. The smallest absolute Gasteiger partial charge is 0.0738 e. The molecule has 0 radical (unpaired) electrons. The van der Waals surface area contributed by atoms with Gasteiger partial charge in [-0.15, -0.1) is 0 Å². The Hall–Kier alpha value is -1.60. The molecule has 0 amide bonds. The largest absolute Gasteiger partial charge is 0.268 e. The number of rotatable bonds is 3. The molecule has 0 spiro atoms. The minimum atomic E-state index is -0.342. The number of aromatic nitrogens is 2. The number of hydrogen-bond donors (Lipinski definition) is 0. The van der Waals surface area contributed by atoms with Crippen molar-refractivity contribution in [3.63, 3.8) is 0 Å². The van der Waals surface area contributed by atoms with E-state index in [4.69, 9.17) is 0 Å². The van der Waals surface area contributed by atoms with E-state index in [-0.39, 0.29) is 5.41 Å². The molecule has 0 aliphatic heterocycles. The number of halogens is 1. The Balaban J connectivity index is 1.96. The maximum Gasteiger partial charge on any atom is 0.0738 e. The maximum atomic E-state index is 9.82. The van der Waals surface area contributed by atoms with Gasteiger partial charge in [-0.3, -0.25) is 4.68 Å². The second-order valence-electron chi connectivity index (χ2n) is 5.85. The van der Waals surface area contributed by atoms with E-state index in [0.29, 0.717) is 0 Å². The summed E-state index contributed by atoms with van der Waals surface area (Å²) in [6, 6.07) is 11.0. The van der Waals surface area contributed by atoms with Crippen molar-refractivity contribution in [2.75, 3.05) is 0 Å². The number of fused-ring (bicyclic) bond motifs is 1. The summed E-state index contributed by atoms with van der Waals surface area (Å²) in [5.74, 6) is 0. The Kier molecular flexibility index (Phi) is 3.62. The molecule has 1 heterocycles. The van der Waals surface area contributed by atoms with Crippen LogP contribution in [-0.2, 0) is 25.8 Å². The molecule has 3 rings (SSSR count). The van der Waals surface area contributed by atoms with Gasteiger partial charge in [-0.05, 0) is 53.7 Å². The summed E-state index contributed by atoms with van der Waals surface area (Å²) in [4.78, 5) is 0. The lowest BCUT2D eigenvalue weighted by atomic mass is 9.81. The van der Waals surface area contributed by atoms with Gasteiger partial charge in [-0.25, -0.2) is 0 Å². The van der Waals surface area contributed by atoms with Crippen molar-refractivity contribution in [2.45, 2.75) is 39.7 Å². The molecule has 1 aliphatic carbocycles. The second kappa shape index (κ2) is 5.31. The molecule has 2 aromatic rings. The van der Waals surface area contributed by atoms with Crippen molar-refractivity contribution in [1.29, 1.82) is 5.26 Å². The first-order valence-electron chi connectivity index (χ1n) is 7.28. The van der Waals surface area contributed by atoms with E-state index in [9.17, 15) is 5.26 Å². The Bertz CT molecular complexity index is 699. The third-order valence-corrected chi connectivity index (χ3v) is 5.40. The van der Waals surface area contributed by atoms with Gasteiger partial charge in [0.05, 0.1) is 27.3 Å². The molecule has 0 fully saturated rings. The van der Waals surface area contributed by atoms with Gasteiger partial charge in [0.15, 0.2) is 0 Å². The predicted molar refractivity (Wildman–Crippen MR) is 85.9 cm³/mol. The molecule has 1 aliphatic rings. The van der Waals surface area contributed by atoms with Crippen LogP contribution >= 0.6 is 15.9 Å². The minimum absolute atomic E-state index is 0.342. The fraction of sp³-hybridized carbons (Fsp3) is 0.412. The summed E-state index contributed by atoms with van der Waals surface area (Å²) >= 11 is 3.64. The molecule has 0 saturated carbocycles. The lowest BCUT2D eigenvalue weighted by Gasteiger charge is -2.21. The van der Waals surface area contributed by atoms with Crippen LogP contribution in [0.3, 0.4) is 0 Å². The van der Waals surface area contributed by atoms with Crippen molar-refractivity contribution in [1.82, 2.24) is 9.78 Å². The van der Waals surface area contributed by atoms with E-state index >= 15 is 0 Å². The van der Waals surface area contributed by atoms with E-state index in [2.05, 4.69) is 58.3 Å². The Labute approximate surface area is 133 Å². The van der Waals surface area contributed by atoms with Crippen molar-refractivity contribution in [3.05, 3.63) is 51.3 Å². The van der Waals surface area contributed by atoms with Crippen molar-refractivity contribution < 1.29 is 0 Å². The number of nitriles is 1. The zero-order valence-corrected chi connectivity index (χ0v) is 13.9. The van der Waals surface area contributed by atoms with Gasteiger partial charge in [0, 0.05) is 13.0 Å². The van der Waals surface area contributed by atoms with Crippen LogP contribution in [0.1, 0.15) is 29.4 Å². The highest BCUT2D eigenvalue weighted by atomic mass is 79.9. The molecule has 21 heavy (non-hydrogen) atoms. The quantitative estimate of drug-likeness (QED) is 0.849. The number of benzene rings is 1. The summed E-state index contributed by atoms with van der Waals surface area (Å²) in [5.41, 5.74) is 4.43. The molecule has 108 valence electrons. The molecule has 0 bridgehead atoms. The van der Waals surface area contributed by atoms with Gasteiger partial charge in [-0.1, -0.05) is 24.3 Å². The number of aryl methyl sites for hydroxylation is 2. The molecule has 1 aromatic heterocycles. The molecule has 1 aromatic carbocycles. The third kappa shape index (κ3) is 2.40. The number of hydrogen-bond acceptors (Lipinski definition) is 2. The number of nitrogens with zero attached hydrogens (tertiary/aromatic N) is 3. The summed E-state index contributed by atoms with van der Waals surface area (Å²) < 4.78 is 3.07. The highest BCUT2D eigenvalue weighted by Crippen LogP contribution is 2.40. The van der Waals surface area contributed by atoms with Gasteiger partial charge in [-0.2, -0.15) is 10.4 Å². The molecular weight excluding hydrogens is 326 g/mol. The lowest BCUT2D eigenvalue weighted by Crippen LogP contribution is -2.24. The van der Waals surface area contributed by atoms with E-state index < -0.39 is 0 Å². The average molecular weight is 344 g/mol. The van der Waals surface area contributed by atoms with Gasteiger partial charge in [0.2, 0.25) is 0 Å². The van der Waals surface area contributed by atoms with Crippen molar-refractivity contribution >= 4 is 15.9 Å². The van der Waals surface area contributed by atoms with Crippen molar-refractivity contribution in [3.8, 4) is 6.07 Å². The van der Waals surface area contributed by atoms with Crippen LogP contribution in [0, 0.1) is 23.7 Å². The first-order valence-corrected chi connectivity index (χ1v) is 8.07. The van der Waals surface area contributed by atoms with Crippen LogP contribution in [0.4, 0.5) is 0 Å². The summed E-state index contributed by atoms with van der Waals surface area (Å²) in [6.07, 6.45) is 2.41. The Morgan fingerprint density at radius 1 is 1.33 bits per heavy atom. The molecule has 0 atom stereocenters. The van der Waals surface area contributed by atoms with Gasteiger partial charge in [0.25, 0.3) is 0 Å². The molecule has 3 nitrogen and oxygen atoms in total. The average Bonchev–Trinajstić information content (AvgIpc) is 3.00. The second-order valence-corrected chi connectivity index (χ2v) is 6.65. The normalized spacial score (nSPS) is 15.7. The maximum absolute atomic E-state index is 9.82.